The number of hydrogen-bond acceptors (Lipinski definition) is 2. The molecule has 174 valence electrons. The van der Waals surface area contributed by atoms with Crippen molar-refractivity contribution < 1.29 is 75.8 Å². The maximum atomic E-state index is 13.3. The van der Waals surface area contributed by atoms with Gasteiger partial charge in [-0.1, -0.05) is 0 Å². The summed E-state index contributed by atoms with van der Waals surface area (Å²) in [6, 6.07) is 0. The Hall–Kier alpha value is -1.62. The molecule has 0 spiro atoms. The van der Waals surface area contributed by atoms with Gasteiger partial charge in [0.25, 0.3) is 5.91 Å². The number of aliphatic hydroxyl groups excluding tert-OH is 1. The van der Waals surface area contributed by atoms with Gasteiger partial charge in [0.15, 0.2) is 0 Å². The van der Waals surface area contributed by atoms with Crippen LogP contribution in [0, 0.1) is 0 Å². The molecule has 0 rings (SSSR count). The van der Waals surface area contributed by atoms with E-state index in [-0.39, 0.29) is 0 Å². The number of carbonyl (C=O) groups excluding carboxylic acids is 1. The van der Waals surface area contributed by atoms with Crippen molar-refractivity contribution >= 4 is 5.91 Å². The molecule has 1 atom stereocenters. The first-order chi connectivity index (χ1) is 12.3. The number of carbonyl (C=O) groups is 1. The highest BCUT2D eigenvalue weighted by molar-refractivity contribution is 5.84. The third-order valence-corrected chi connectivity index (χ3v) is 3.17. The standard InChI is InChI=1S/C11H8F15NO2/c1-3(28)2-27-4(29)5(12,13)6(14,15)7(16,17)8(18,19)9(20,21)10(22,23)11(24,25)26/h3,28H,2H2,1H3,(H,27,29). The molecule has 29 heavy (non-hydrogen) atoms. The van der Waals surface area contributed by atoms with Crippen LogP contribution in [0.1, 0.15) is 6.92 Å². The summed E-state index contributed by atoms with van der Waals surface area (Å²) >= 11 is 0. The molecule has 0 aromatic rings. The van der Waals surface area contributed by atoms with Gasteiger partial charge in [0.1, 0.15) is 0 Å². The van der Waals surface area contributed by atoms with Gasteiger partial charge in [-0.05, 0) is 6.92 Å². The minimum atomic E-state index is -8.45. The van der Waals surface area contributed by atoms with Crippen LogP contribution in [0.4, 0.5) is 65.9 Å². The van der Waals surface area contributed by atoms with E-state index in [2.05, 4.69) is 0 Å². The molecule has 1 unspecified atom stereocenters. The van der Waals surface area contributed by atoms with Gasteiger partial charge in [-0.2, -0.15) is 65.9 Å². The van der Waals surface area contributed by atoms with Crippen molar-refractivity contribution in [2.75, 3.05) is 6.54 Å². The fraction of sp³-hybridized carbons (Fsp3) is 0.909. The Balaban J connectivity index is 6.39. The lowest BCUT2D eigenvalue weighted by Gasteiger charge is -2.41. The Labute approximate surface area is 149 Å². The van der Waals surface area contributed by atoms with Gasteiger partial charge in [0.05, 0.1) is 6.10 Å². The normalized spacial score (nSPS) is 16.6. The second kappa shape index (κ2) is 7.26. The topological polar surface area (TPSA) is 49.3 Å². The number of aliphatic hydroxyl groups is 1. The van der Waals surface area contributed by atoms with E-state index in [1.807, 2.05) is 0 Å². The summed E-state index contributed by atoms with van der Waals surface area (Å²) in [5.41, 5.74) is 0. The van der Waals surface area contributed by atoms with E-state index >= 15 is 0 Å². The molecule has 0 radical (unpaired) electrons. The van der Waals surface area contributed by atoms with E-state index in [9.17, 15) is 70.7 Å². The highest BCUT2D eigenvalue weighted by Gasteiger charge is 2.94. The summed E-state index contributed by atoms with van der Waals surface area (Å²) in [6.45, 7) is -0.673. The summed E-state index contributed by atoms with van der Waals surface area (Å²) in [6.07, 6.45) is -9.50. The fourth-order valence-electron chi connectivity index (χ4n) is 1.46. The monoisotopic (exact) mass is 471 g/mol. The Bertz CT molecular complexity index is 610. The van der Waals surface area contributed by atoms with Crippen LogP contribution in [0.2, 0.25) is 0 Å². The van der Waals surface area contributed by atoms with Gasteiger partial charge in [0.2, 0.25) is 0 Å². The smallest absolute Gasteiger partial charge is 0.392 e. The highest BCUT2D eigenvalue weighted by atomic mass is 19.4. The van der Waals surface area contributed by atoms with Gasteiger partial charge >= 0.3 is 41.7 Å². The van der Waals surface area contributed by atoms with Crippen molar-refractivity contribution in [3.8, 4) is 0 Å². The molecule has 0 aliphatic heterocycles. The number of rotatable bonds is 8. The summed E-state index contributed by atoms with van der Waals surface area (Å²) in [4.78, 5) is 10.8. The molecule has 2 N–H and O–H groups in total. The second-order valence-electron chi connectivity index (χ2n) is 5.50. The molecule has 0 aliphatic rings. The van der Waals surface area contributed by atoms with Crippen LogP contribution in [-0.2, 0) is 4.79 Å². The van der Waals surface area contributed by atoms with Crippen LogP contribution in [0.15, 0.2) is 0 Å². The largest absolute Gasteiger partial charge is 0.460 e. The minimum Gasteiger partial charge on any atom is -0.392 e. The van der Waals surface area contributed by atoms with Crippen molar-refractivity contribution in [2.45, 2.75) is 54.7 Å². The number of halogens is 15. The molecule has 18 heteroatoms. The zero-order chi connectivity index (χ0) is 24.1. The molecule has 0 heterocycles. The lowest BCUT2D eigenvalue weighted by atomic mass is 9.91. The van der Waals surface area contributed by atoms with Crippen molar-refractivity contribution in [3.05, 3.63) is 0 Å². The Morgan fingerprint density at radius 2 is 1.00 bits per heavy atom. The van der Waals surface area contributed by atoms with Crippen LogP contribution in [0.25, 0.3) is 0 Å². The molecule has 0 aliphatic carbocycles. The zero-order valence-electron chi connectivity index (χ0n) is 13.3. The van der Waals surface area contributed by atoms with E-state index in [0.29, 0.717) is 12.2 Å². The summed E-state index contributed by atoms with van der Waals surface area (Å²) < 4.78 is 193. The van der Waals surface area contributed by atoms with E-state index in [1.54, 1.807) is 0 Å². The molecule has 0 aromatic heterocycles. The molecule has 3 nitrogen and oxygen atoms in total. The second-order valence-corrected chi connectivity index (χ2v) is 5.50. The third-order valence-electron chi connectivity index (χ3n) is 3.17. The number of alkyl halides is 15. The van der Waals surface area contributed by atoms with E-state index < -0.39 is 60.3 Å². The lowest BCUT2D eigenvalue weighted by molar-refractivity contribution is -0.449. The number of amides is 1. The fourth-order valence-corrected chi connectivity index (χ4v) is 1.46. The molecular formula is C11H8F15NO2. The average molecular weight is 471 g/mol. The van der Waals surface area contributed by atoms with Gasteiger partial charge in [0, 0.05) is 6.54 Å². The number of nitrogens with one attached hydrogen (secondary N) is 1. The molecule has 0 bridgehead atoms. The minimum absolute atomic E-state index is 0.632. The van der Waals surface area contributed by atoms with Crippen LogP contribution in [-0.4, -0.2) is 65.4 Å². The van der Waals surface area contributed by atoms with Gasteiger partial charge in [-0.25, -0.2) is 0 Å². The van der Waals surface area contributed by atoms with Crippen LogP contribution in [0.3, 0.4) is 0 Å². The third kappa shape index (κ3) is 3.90. The molecule has 0 fully saturated rings. The SMILES string of the molecule is CC(O)CNC(=O)C(F)(F)C(F)(F)C(F)(F)C(F)(F)C(F)(F)C(F)(F)C(F)(F)F. The predicted molar refractivity (Wildman–Crippen MR) is 60.4 cm³/mol. The first kappa shape index (κ1) is 27.4. The van der Waals surface area contributed by atoms with Crippen molar-refractivity contribution in [1.29, 1.82) is 0 Å². The Morgan fingerprint density at radius 3 is 1.31 bits per heavy atom. The highest BCUT2D eigenvalue weighted by Crippen LogP contribution is 2.62. The summed E-state index contributed by atoms with van der Waals surface area (Å²) in [7, 11) is 0. The van der Waals surface area contributed by atoms with Crippen LogP contribution < -0.4 is 5.32 Å². The van der Waals surface area contributed by atoms with Crippen molar-refractivity contribution in [3.63, 3.8) is 0 Å². The first-order valence-corrected chi connectivity index (χ1v) is 6.64. The Kier molecular flexibility index (Phi) is 6.85. The van der Waals surface area contributed by atoms with Crippen molar-refractivity contribution in [1.82, 2.24) is 5.32 Å². The van der Waals surface area contributed by atoms with Gasteiger partial charge < -0.3 is 10.4 Å². The first-order valence-electron chi connectivity index (χ1n) is 6.64. The van der Waals surface area contributed by atoms with Crippen molar-refractivity contribution in [2.24, 2.45) is 0 Å². The quantitative estimate of drug-likeness (QED) is 0.529. The maximum absolute atomic E-state index is 13.3. The maximum Gasteiger partial charge on any atom is 0.460 e. The van der Waals surface area contributed by atoms with E-state index in [0.717, 1.165) is 0 Å². The molecule has 0 saturated heterocycles. The molecular weight excluding hydrogens is 463 g/mol. The summed E-state index contributed by atoms with van der Waals surface area (Å²) in [5, 5.41) is 9.26. The van der Waals surface area contributed by atoms with E-state index in [1.165, 1.54) is 0 Å². The summed E-state index contributed by atoms with van der Waals surface area (Å²) in [5.74, 6) is -51.7. The van der Waals surface area contributed by atoms with Crippen LogP contribution >= 0.6 is 0 Å². The van der Waals surface area contributed by atoms with Gasteiger partial charge in [-0.15, -0.1) is 0 Å². The van der Waals surface area contributed by atoms with Gasteiger partial charge in [-0.3, -0.25) is 4.79 Å². The molecule has 1 amide bonds. The average Bonchev–Trinajstić information content (AvgIpc) is 2.50. The van der Waals surface area contributed by atoms with Crippen LogP contribution in [0.5, 0.6) is 0 Å². The zero-order valence-corrected chi connectivity index (χ0v) is 13.3. The van der Waals surface area contributed by atoms with E-state index in [4.69, 9.17) is 5.11 Å². The molecule has 0 aromatic carbocycles. The predicted octanol–water partition coefficient (Wildman–Crippen LogP) is 3.86. The molecule has 0 saturated carbocycles. The Morgan fingerprint density at radius 1 is 0.690 bits per heavy atom. The number of hydrogen-bond donors (Lipinski definition) is 2. The lowest BCUT2D eigenvalue weighted by Crippen LogP contribution is -2.74.